The molecule has 0 aromatic heterocycles. The summed E-state index contributed by atoms with van der Waals surface area (Å²) in [4.78, 5) is 11.8. The monoisotopic (exact) mass is 376 g/mol. The number of rotatable bonds is 5. The van der Waals surface area contributed by atoms with Gasteiger partial charge in [-0.15, -0.1) is 0 Å². The topological polar surface area (TPSA) is 41.1 Å². The zero-order chi connectivity index (χ0) is 17.7. The van der Waals surface area contributed by atoms with E-state index in [-0.39, 0.29) is 29.6 Å². The molecular formula is C16H13Cl2F3N2O. The van der Waals surface area contributed by atoms with E-state index >= 15 is 0 Å². The Morgan fingerprint density at radius 3 is 2.46 bits per heavy atom. The van der Waals surface area contributed by atoms with Gasteiger partial charge in [-0.05, 0) is 36.4 Å². The van der Waals surface area contributed by atoms with Crippen molar-refractivity contribution < 1.29 is 18.0 Å². The molecule has 0 aliphatic rings. The fourth-order valence-electron chi connectivity index (χ4n) is 1.96. The van der Waals surface area contributed by atoms with Gasteiger partial charge in [-0.2, -0.15) is 13.2 Å². The normalized spacial score (nSPS) is 11.2. The van der Waals surface area contributed by atoms with Crippen LogP contribution in [0, 0.1) is 0 Å². The highest BCUT2D eigenvalue weighted by Gasteiger charge is 2.33. The van der Waals surface area contributed by atoms with Crippen molar-refractivity contribution in [2.24, 2.45) is 0 Å². The van der Waals surface area contributed by atoms with Crippen molar-refractivity contribution in [1.82, 2.24) is 0 Å². The van der Waals surface area contributed by atoms with Gasteiger partial charge < -0.3 is 10.6 Å². The molecule has 0 atom stereocenters. The van der Waals surface area contributed by atoms with E-state index in [2.05, 4.69) is 10.6 Å². The average Bonchev–Trinajstić information content (AvgIpc) is 2.48. The fraction of sp³-hybridized carbons (Fsp3) is 0.188. The molecule has 0 unspecified atom stereocenters. The third-order valence-electron chi connectivity index (χ3n) is 3.06. The summed E-state index contributed by atoms with van der Waals surface area (Å²) in [5, 5.41) is 5.54. The number of carbonyl (C=O) groups is 1. The molecule has 0 aliphatic heterocycles. The van der Waals surface area contributed by atoms with Gasteiger partial charge >= 0.3 is 6.18 Å². The van der Waals surface area contributed by atoms with Gasteiger partial charge in [-0.25, -0.2) is 0 Å². The molecule has 0 bridgehead atoms. The van der Waals surface area contributed by atoms with Crippen LogP contribution in [0.15, 0.2) is 42.5 Å². The maximum atomic E-state index is 12.8. The van der Waals surface area contributed by atoms with Crippen LogP contribution in [-0.2, 0) is 11.0 Å². The Labute approximate surface area is 146 Å². The van der Waals surface area contributed by atoms with Crippen LogP contribution in [0.4, 0.5) is 24.5 Å². The Morgan fingerprint density at radius 1 is 1.04 bits per heavy atom. The molecular weight excluding hydrogens is 364 g/mol. The summed E-state index contributed by atoms with van der Waals surface area (Å²) in [7, 11) is 0. The average molecular weight is 377 g/mol. The summed E-state index contributed by atoms with van der Waals surface area (Å²) in [6.07, 6.45) is -4.45. The van der Waals surface area contributed by atoms with Crippen LogP contribution in [0.25, 0.3) is 0 Å². The Hall–Kier alpha value is -1.92. The van der Waals surface area contributed by atoms with Crippen LogP contribution in [0.1, 0.15) is 12.0 Å². The lowest BCUT2D eigenvalue weighted by Crippen LogP contribution is -2.16. The molecule has 0 saturated heterocycles. The Bertz CT molecular complexity index is 736. The van der Waals surface area contributed by atoms with Gasteiger partial charge in [0.15, 0.2) is 0 Å². The molecule has 8 heteroatoms. The molecule has 0 heterocycles. The highest BCUT2D eigenvalue weighted by molar-refractivity contribution is 6.31. The van der Waals surface area contributed by atoms with Crippen molar-refractivity contribution in [1.29, 1.82) is 0 Å². The highest BCUT2D eigenvalue weighted by atomic mass is 35.5. The maximum absolute atomic E-state index is 12.8. The van der Waals surface area contributed by atoms with E-state index in [4.69, 9.17) is 23.2 Å². The van der Waals surface area contributed by atoms with Gasteiger partial charge in [-0.3, -0.25) is 4.79 Å². The third kappa shape index (κ3) is 5.32. The van der Waals surface area contributed by atoms with Crippen molar-refractivity contribution in [2.75, 3.05) is 17.2 Å². The summed E-state index contributed by atoms with van der Waals surface area (Å²) < 4.78 is 38.3. The minimum atomic E-state index is -4.53. The second-order valence-electron chi connectivity index (χ2n) is 4.93. The van der Waals surface area contributed by atoms with E-state index in [0.717, 1.165) is 6.07 Å². The van der Waals surface area contributed by atoms with Gasteiger partial charge in [0.05, 0.1) is 10.6 Å². The van der Waals surface area contributed by atoms with Crippen LogP contribution in [0.5, 0.6) is 0 Å². The van der Waals surface area contributed by atoms with E-state index in [1.54, 1.807) is 24.3 Å². The number of alkyl halides is 3. The van der Waals surface area contributed by atoms with Crippen molar-refractivity contribution in [2.45, 2.75) is 12.6 Å². The van der Waals surface area contributed by atoms with Crippen LogP contribution < -0.4 is 10.6 Å². The van der Waals surface area contributed by atoms with Crippen molar-refractivity contribution in [3.63, 3.8) is 0 Å². The first-order valence-electron chi connectivity index (χ1n) is 6.92. The molecule has 2 aromatic rings. The predicted octanol–water partition coefficient (Wildman–Crippen LogP) is 5.45. The molecule has 2 rings (SSSR count). The first-order valence-corrected chi connectivity index (χ1v) is 7.67. The van der Waals surface area contributed by atoms with Gasteiger partial charge in [0.1, 0.15) is 0 Å². The van der Waals surface area contributed by atoms with E-state index in [1.807, 2.05) is 0 Å². The van der Waals surface area contributed by atoms with Gasteiger partial charge in [-0.1, -0.05) is 29.3 Å². The van der Waals surface area contributed by atoms with Gasteiger partial charge in [0.2, 0.25) is 5.91 Å². The zero-order valence-corrected chi connectivity index (χ0v) is 13.8. The summed E-state index contributed by atoms with van der Waals surface area (Å²) in [6.45, 7) is 0.172. The lowest BCUT2D eigenvalue weighted by atomic mass is 10.2. The first kappa shape index (κ1) is 18.4. The number of halogens is 5. The van der Waals surface area contributed by atoms with Crippen LogP contribution in [0.3, 0.4) is 0 Å². The van der Waals surface area contributed by atoms with Crippen molar-refractivity contribution in [3.8, 4) is 0 Å². The van der Waals surface area contributed by atoms with Gasteiger partial charge in [0, 0.05) is 29.4 Å². The van der Waals surface area contributed by atoms with E-state index < -0.39 is 11.7 Å². The third-order valence-corrected chi connectivity index (χ3v) is 3.63. The second kappa shape index (κ2) is 7.77. The Balaban J connectivity index is 1.89. The van der Waals surface area contributed by atoms with E-state index in [1.165, 1.54) is 12.1 Å². The number of benzene rings is 2. The van der Waals surface area contributed by atoms with Crippen molar-refractivity contribution in [3.05, 3.63) is 58.1 Å². The number of nitrogens with one attached hydrogen (secondary N) is 2. The molecule has 2 aromatic carbocycles. The minimum absolute atomic E-state index is 0.0799. The number of hydrogen-bond acceptors (Lipinski definition) is 2. The van der Waals surface area contributed by atoms with E-state index in [9.17, 15) is 18.0 Å². The lowest BCUT2D eigenvalue weighted by molar-refractivity contribution is -0.137. The summed E-state index contributed by atoms with van der Waals surface area (Å²) in [5.41, 5.74) is -0.127. The minimum Gasteiger partial charge on any atom is -0.385 e. The molecule has 0 saturated carbocycles. The molecule has 0 fully saturated rings. The maximum Gasteiger partial charge on any atom is 0.417 e. The summed E-state index contributed by atoms with van der Waals surface area (Å²) in [5.74, 6) is -0.283. The molecule has 3 nitrogen and oxygen atoms in total. The second-order valence-corrected chi connectivity index (χ2v) is 5.77. The van der Waals surface area contributed by atoms with Crippen LogP contribution in [-0.4, -0.2) is 12.5 Å². The summed E-state index contributed by atoms with van der Waals surface area (Å²) in [6, 6.07) is 10.2. The standard InChI is InChI=1S/C16H13Cl2F3N2O/c17-10-2-1-3-12(8-10)23-15(24)6-7-22-11-4-5-14(18)13(9-11)16(19,20)21/h1-5,8-9,22H,6-7H2,(H,23,24). The smallest absolute Gasteiger partial charge is 0.385 e. The van der Waals surface area contributed by atoms with Crippen LogP contribution >= 0.6 is 23.2 Å². The molecule has 0 aliphatic carbocycles. The largest absolute Gasteiger partial charge is 0.417 e. The zero-order valence-electron chi connectivity index (χ0n) is 12.3. The number of amides is 1. The number of anilines is 2. The lowest BCUT2D eigenvalue weighted by Gasteiger charge is -2.12. The molecule has 0 spiro atoms. The van der Waals surface area contributed by atoms with Crippen molar-refractivity contribution >= 4 is 40.5 Å². The van der Waals surface area contributed by atoms with E-state index in [0.29, 0.717) is 10.7 Å². The first-order chi connectivity index (χ1) is 11.3. The fourth-order valence-corrected chi connectivity index (χ4v) is 2.38. The molecule has 2 N–H and O–H groups in total. The summed E-state index contributed by atoms with van der Waals surface area (Å²) >= 11 is 11.4. The number of carbonyl (C=O) groups excluding carboxylic acids is 1. The van der Waals surface area contributed by atoms with Crippen LogP contribution in [0.2, 0.25) is 10.0 Å². The molecule has 128 valence electrons. The molecule has 1 amide bonds. The number of hydrogen-bond donors (Lipinski definition) is 2. The molecule has 0 radical (unpaired) electrons. The Morgan fingerprint density at radius 2 is 1.79 bits per heavy atom. The highest BCUT2D eigenvalue weighted by Crippen LogP contribution is 2.36. The SMILES string of the molecule is O=C(CCNc1ccc(Cl)c(C(F)(F)F)c1)Nc1cccc(Cl)c1. The molecule has 24 heavy (non-hydrogen) atoms. The predicted molar refractivity (Wildman–Crippen MR) is 89.6 cm³/mol. The van der Waals surface area contributed by atoms with Gasteiger partial charge in [0.25, 0.3) is 0 Å². The quantitative estimate of drug-likeness (QED) is 0.727. The Kier molecular flexibility index (Phi) is 5.96.